The number of carbonyl (C=O) groups excluding carboxylic acids is 1. The lowest BCUT2D eigenvalue weighted by Crippen LogP contribution is -2.51. The Bertz CT molecular complexity index is 563. The van der Waals surface area contributed by atoms with Gasteiger partial charge in [-0.2, -0.15) is 0 Å². The van der Waals surface area contributed by atoms with Crippen molar-refractivity contribution in [1.29, 1.82) is 0 Å². The molecule has 3 atom stereocenters. The number of amides is 1. The Labute approximate surface area is 143 Å². The third-order valence-electron chi connectivity index (χ3n) is 5.21. The Balaban J connectivity index is 1.62. The van der Waals surface area contributed by atoms with Gasteiger partial charge in [-0.1, -0.05) is 12.1 Å². The van der Waals surface area contributed by atoms with Gasteiger partial charge in [-0.25, -0.2) is 4.39 Å². The molecule has 0 spiro atoms. The number of likely N-dealkylation sites (tertiary alicyclic amines) is 1. The fourth-order valence-electron chi connectivity index (χ4n) is 3.91. The van der Waals surface area contributed by atoms with Crippen LogP contribution in [-0.2, 0) is 11.2 Å². The predicted molar refractivity (Wildman–Crippen MR) is 91.8 cm³/mol. The predicted octanol–water partition coefficient (Wildman–Crippen LogP) is 1.01. The smallest absolute Gasteiger partial charge is 0.228 e. The van der Waals surface area contributed by atoms with Gasteiger partial charge >= 0.3 is 0 Å². The number of hydrogen-bond donors (Lipinski definition) is 2. The van der Waals surface area contributed by atoms with Gasteiger partial charge in [-0.15, -0.1) is 0 Å². The standard InChI is InChI=1S/C18H27FN4O/c1-22(2)18(24)15-12-20-21-17(15)16-4-3-10-23(16)11-9-13-5-7-14(19)8-6-13/h5-8,15-17,20-21H,3-4,9-12H2,1-2H3. The van der Waals surface area contributed by atoms with Gasteiger partial charge < -0.3 is 4.90 Å². The molecule has 3 unspecified atom stereocenters. The molecular formula is C18H27FN4O. The summed E-state index contributed by atoms with van der Waals surface area (Å²) < 4.78 is 13.0. The van der Waals surface area contributed by atoms with Crippen molar-refractivity contribution in [3.05, 3.63) is 35.6 Å². The lowest BCUT2D eigenvalue weighted by atomic mass is 9.92. The first-order chi connectivity index (χ1) is 11.6. The second kappa shape index (κ2) is 7.59. The van der Waals surface area contributed by atoms with E-state index < -0.39 is 0 Å². The van der Waals surface area contributed by atoms with Crippen molar-refractivity contribution in [3.8, 4) is 0 Å². The highest BCUT2D eigenvalue weighted by Crippen LogP contribution is 2.26. The quantitative estimate of drug-likeness (QED) is 0.844. The first-order valence-corrected chi connectivity index (χ1v) is 8.74. The molecule has 1 aromatic rings. The van der Waals surface area contributed by atoms with Gasteiger partial charge in [0, 0.05) is 39.3 Å². The molecule has 132 valence electrons. The molecule has 2 saturated heterocycles. The summed E-state index contributed by atoms with van der Waals surface area (Å²) in [7, 11) is 3.64. The van der Waals surface area contributed by atoms with Crippen molar-refractivity contribution in [1.82, 2.24) is 20.7 Å². The average Bonchev–Trinajstić information content (AvgIpc) is 3.22. The van der Waals surface area contributed by atoms with E-state index in [2.05, 4.69) is 15.8 Å². The van der Waals surface area contributed by atoms with E-state index in [1.54, 1.807) is 4.90 Å². The Morgan fingerprint density at radius 3 is 2.79 bits per heavy atom. The normalized spacial score (nSPS) is 27.5. The summed E-state index contributed by atoms with van der Waals surface area (Å²) in [5.74, 6) is -0.0247. The van der Waals surface area contributed by atoms with Gasteiger partial charge in [-0.3, -0.25) is 20.5 Å². The Morgan fingerprint density at radius 2 is 2.08 bits per heavy atom. The molecule has 1 aromatic carbocycles. The van der Waals surface area contributed by atoms with E-state index in [9.17, 15) is 9.18 Å². The van der Waals surface area contributed by atoms with Crippen LogP contribution in [-0.4, -0.2) is 61.5 Å². The molecule has 1 amide bonds. The molecule has 2 aliphatic rings. The van der Waals surface area contributed by atoms with Gasteiger partial charge in [0.1, 0.15) is 5.82 Å². The third-order valence-corrected chi connectivity index (χ3v) is 5.21. The van der Waals surface area contributed by atoms with Crippen LogP contribution in [0.4, 0.5) is 4.39 Å². The van der Waals surface area contributed by atoms with Crippen molar-refractivity contribution in [3.63, 3.8) is 0 Å². The summed E-state index contributed by atoms with van der Waals surface area (Å²) in [5, 5.41) is 0. The molecule has 2 fully saturated rings. The monoisotopic (exact) mass is 334 g/mol. The fourth-order valence-corrected chi connectivity index (χ4v) is 3.91. The molecule has 24 heavy (non-hydrogen) atoms. The van der Waals surface area contributed by atoms with Crippen molar-refractivity contribution in [2.24, 2.45) is 5.92 Å². The molecule has 6 heteroatoms. The van der Waals surface area contributed by atoms with Gasteiger partial charge in [0.05, 0.1) is 5.92 Å². The molecule has 0 aromatic heterocycles. The van der Waals surface area contributed by atoms with Crippen LogP contribution in [0.3, 0.4) is 0 Å². The molecule has 2 aliphatic heterocycles. The number of hydrazine groups is 1. The number of benzene rings is 1. The van der Waals surface area contributed by atoms with E-state index in [1.807, 2.05) is 26.2 Å². The lowest BCUT2D eigenvalue weighted by molar-refractivity contribution is -0.133. The second-order valence-electron chi connectivity index (χ2n) is 7.01. The maximum absolute atomic E-state index is 13.0. The Morgan fingerprint density at radius 1 is 1.33 bits per heavy atom. The summed E-state index contributed by atoms with van der Waals surface area (Å²) in [6.07, 6.45) is 3.18. The highest BCUT2D eigenvalue weighted by atomic mass is 19.1. The van der Waals surface area contributed by atoms with Crippen LogP contribution in [0.15, 0.2) is 24.3 Å². The van der Waals surface area contributed by atoms with Gasteiger partial charge in [0.2, 0.25) is 5.91 Å². The SMILES string of the molecule is CN(C)C(=O)C1CNNC1C1CCCN1CCc1ccc(F)cc1. The van der Waals surface area contributed by atoms with E-state index >= 15 is 0 Å². The minimum atomic E-state index is -0.191. The minimum absolute atomic E-state index is 0.0172. The Hall–Kier alpha value is -1.50. The second-order valence-corrected chi connectivity index (χ2v) is 7.01. The molecule has 5 nitrogen and oxygen atoms in total. The highest BCUT2D eigenvalue weighted by Gasteiger charge is 2.42. The Kier molecular flexibility index (Phi) is 5.48. The number of halogens is 1. The lowest BCUT2D eigenvalue weighted by Gasteiger charge is -2.32. The molecule has 0 bridgehead atoms. The van der Waals surface area contributed by atoms with Crippen LogP contribution in [0.2, 0.25) is 0 Å². The van der Waals surface area contributed by atoms with E-state index in [0.29, 0.717) is 12.6 Å². The van der Waals surface area contributed by atoms with E-state index in [-0.39, 0.29) is 23.7 Å². The van der Waals surface area contributed by atoms with E-state index in [1.165, 1.54) is 12.1 Å². The first kappa shape index (κ1) is 17.3. The van der Waals surface area contributed by atoms with Gasteiger partial charge in [0.25, 0.3) is 0 Å². The van der Waals surface area contributed by atoms with Crippen LogP contribution in [0.5, 0.6) is 0 Å². The van der Waals surface area contributed by atoms with Crippen LogP contribution < -0.4 is 10.9 Å². The van der Waals surface area contributed by atoms with Crippen molar-refractivity contribution in [2.45, 2.75) is 31.3 Å². The molecule has 2 heterocycles. The van der Waals surface area contributed by atoms with Crippen LogP contribution in [0.25, 0.3) is 0 Å². The third kappa shape index (κ3) is 3.77. The summed E-state index contributed by atoms with van der Waals surface area (Å²) in [5.41, 5.74) is 7.65. The zero-order chi connectivity index (χ0) is 17.1. The number of rotatable bonds is 5. The summed E-state index contributed by atoms with van der Waals surface area (Å²) in [6.45, 7) is 2.69. The van der Waals surface area contributed by atoms with Crippen molar-refractivity contribution in [2.75, 3.05) is 33.7 Å². The number of hydrogen-bond acceptors (Lipinski definition) is 4. The van der Waals surface area contributed by atoms with E-state index in [4.69, 9.17) is 0 Å². The van der Waals surface area contributed by atoms with Crippen LogP contribution in [0, 0.1) is 11.7 Å². The van der Waals surface area contributed by atoms with Crippen LogP contribution >= 0.6 is 0 Å². The molecule has 0 aliphatic carbocycles. The highest BCUT2D eigenvalue weighted by molar-refractivity contribution is 5.79. The fraction of sp³-hybridized carbons (Fsp3) is 0.611. The van der Waals surface area contributed by atoms with Crippen molar-refractivity contribution >= 4 is 5.91 Å². The summed E-state index contributed by atoms with van der Waals surface area (Å²) in [6, 6.07) is 7.27. The molecule has 2 N–H and O–H groups in total. The molecule has 0 saturated carbocycles. The maximum Gasteiger partial charge on any atom is 0.228 e. The molecule has 0 radical (unpaired) electrons. The zero-order valence-corrected chi connectivity index (χ0v) is 14.5. The van der Waals surface area contributed by atoms with Crippen molar-refractivity contribution < 1.29 is 9.18 Å². The molecule has 3 rings (SSSR count). The van der Waals surface area contributed by atoms with Gasteiger partial charge in [0.15, 0.2) is 0 Å². The zero-order valence-electron chi connectivity index (χ0n) is 14.5. The van der Waals surface area contributed by atoms with Gasteiger partial charge in [-0.05, 0) is 43.5 Å². The number of nitrogens with zero attached hydrogens (tertiary/aromatic N) is 2. The maximum atomic E-state index is 13.0. The summed E-state index contributed by atoms with van der Waals surface area (Å²) >= 11 is 0. The minimum Gasteiger partial charge on any atom is -0.348 e. The van der Waals surface area contributed by atoms with Crippen LogP contribution in [0.1, 0.15) is 18.4 Å². The average molecular weight is 334 g/mol. The van der Waals surface area contributed by atoms with E-state index in [0.717, 1.165) is 37.9 Å². The molecular weight excluding hydrogens is 307 g/mol. The summed E-state index contributed by atoms with van der Waals surface area (Å²) in [4.78, 5) is 16.6. The first-order valence-electron chi connectivity index (χ1n) is 8.74. The topological polar surface area (TPSA) is 47.6 Å². The number of carbonyl (C=O) groups is 1. The largest absolute Gasteiger partial charge is 0.348 e. The number of nitrogens with one attached hydrogen (secondary N) is 2.